The van der Waals surface area contributed by atoms with Crippen LogP contribution < -0.4 is 0 Å². The van der Waals surface area contributed by atoms with Crippen LogP contribution in [0.3, 0.4) is 0 Å². The minimum Gasteiger partial charge on any atom is -0.390 e. The third-order valence-electron chi connectivity index (χ3n) is 5.20. The molecule has 5 atom stereocenters. The van der Waals surface area contributed by atoms with Gasteiger partial charge in [-0.25, -0.2) is 8.42 Å². The molecule has 1 aliphatic carbocycles. The van der Waals surface area contributed by atoms with E-state index in [4.69, 9.17) is 0 Å². The lowest BCUT2D eigenvalue weighted by Gasteiger charge is -2.53. The standard InChI is InChI=1S/C14H19NO5S/c1-8-10-14(13(18)15(10)2,21(19,20)12(8)17)11(16)9-6-4-3-5-7-9/h4,6,8-11,16H,3,5,7H2,1-2H3/t8?,9-,10+,11+,14+/m1/s1. The van der Waals surface area contributed by atoms with E-state index in [1.165, 1.54) is 18.9 Å². The van der Waals surface area contributed by atoms with Crippen molar-refractivity contribution in [3.8, 4) is 0 Å². The molecule has 2 heterocycles. The van der Waals surface area contributed by atoms with Gasteiger partial charge in [0.1, 0.15) is 0 Å². The van der Waals surface area contributed by atoms with Gasteiger partial charge in [0.2, 0.25) is 20.5 Å². The van der Waals surface area contributed by atoms with Crippen LogP contribution >= 0.6 is 0 Å². The Bertz CT molecular complexity index is 640. The van der Waals surface area contributed by atoms with Crippen LogP contribution in [0.5, 0.6) is 0 Å². The van der Waals surface area contributed by atoms with Gasteiger partial charge in [-0.1, -0.05) is 19.1 Å². The molecule has 7 heteroatoms. The summed E-state index contributed by atoms with van der Waals surface area (Å²) in [6, 6.07) is -0.757. The Labute approximate surface area is 123 Å². The summed E-state index contributed by atoms with van der Waals surface area (Å²) in [6.07, 6.45) is 4.65. The average molecular weight is 313 g/mol. The maximum Gasteiger partial charge on any atom is 0.252 e. The van der Waals surface area contributed by atoms with E-state index in [1.54, 1.807) is 6.08 Å². The molecule has 116 valence electrons. The molecule has 3 rings (SSSR count). The van der Waals surface area contributed by atoms with Crippen LogP contribution in [0.1, 0.15) is 26.2 Å². The number of β-lactam (4-membered cyclic amide) rings is 1. The van der Waals surface area contributed by atoms with Crippen LogP contribution in [0.2, 0.25) is 0 Å². The van der Waals surface area contributed by atoms with Crippen molar-refractivity contribution < 1.29 is 23.1 Å². The highest BCUT2D eigenvalue weighted by atomic mass is 32.2. The molecule has 2 saturated heterocycles. The first kappa shape index (κ1) is 14.7. The van der Waals surface area contributed by atoms with Crippen molar-refractivity contribution in [2.75, 3.05) is 7.05 Å². The number of amides is 1. The molecule has 21 heavy (non-hydrogen) atoms. The maximum atomic E-state index is 12.5. The summed E-state index contributed by atoms with van der Waals surface area (Å²) in [5.41, 5.74) is 0. The van der Waals surface area contributed by atoms with Crippen LogP contribution in [0.15, 0.2) is 12.2 Å². The first-order chi connectivity index (χ1) is 9.77. The van der Waals surface area contributed by atoms with Crippen LogP contribution in [0.25, 0.3) is 0 Å². The molecule has 1 unspecified atom stereocenters. The van der Waals surface area contributed by atoms with Crippen LogP contribution in [0.4, 0.5) is 0 Å². The van der Waals surface area contributed by atoms with E-state index < -0.39 is 49.6 Å². The molecule has 2 aliphatic heterocycles. The molecular formula is C14H19NO5S. The van der Waals surface area contributed by atoms with Crippen molar-refractivity contribution in [2.24, 2.45) is 11.8 Å². The minimum absolute atomic E-state index is 0.397. The lowest BCUT2D eigenvalue weighted by Crippen LogP contribution is -2.78. The maximum absolute atomic E-state index is 12.5. The van der Waals surface area contributed by atoms with Gasteiger partial charge in [-0.05, 0) is 19.3 Å². The lowest BCUT2D eigenvalue weighted by atomic mass is 9.71. The Morgan fingerprint density at radius 1 is 1.43 bits per heavy atom. The van der Waals surface area contributed by atoms with Crippen molar-refractivity contribution in [1.82, 2.24) is 4.90 Å². The largest absolute Gasteiger partial charge is 0.390 e. The number of hydrogen-bond donors (Lipinski definition) is 1. The average Bonchev–Trinajstić information content (AvgIpc) is 2.63. The fraction of sp³-hybridized carbons (Fsp3) is 0.714. The highest BCUT2D eigenvalue weighted by Gasteiger charge is 2.80. The van der Waals surface area contributed by atoms with E-state index in [0.717, 1.165) is 12.8 Å². The fourth-order valence-corrected chi connectivity index (χ4v) is 6.65. The van der Waals surface area contributed by atoms with Gasteiger partial charge in [-0.2, -0.15) is 0 Å². The number of aliphatic hydroxyl groups excluding tert-OH is 1. The normalized spacial score (nSPS) is 42.6. The second-order valence-corrected chi connectivity index (χ2v) is 8.32. The highest BCUT2D eigenvalue weighted by Crippen LogP contribution is 2.52. The van der Waals surface area contributed by atoms with Gasteiger partial charge in [0, 0.05) is 13.0 Å². The van der Waals surface area contributed by atoms with Gasteiger partial charge in [-0.15, -0.1) is 0 Å². The summed E-state index contributed by atoms with van der Waals surface area (Å²) >= 11 is 0. The van der Waals surface area contributed by atoms with E-state index in [1.807, 2.05) is 6.08 Å². The number of nitrogens with zero attached hydrogens (tertiary/aromatic N) is 1. The Morgan fingerprint density at radius 2 is 2.10 bits per heavy atom. The number of rotatable bonds is 2. The number of allylic oxidation sites excluding steroid dienone is 1. The predicted molar refractivity (Wildman–Crippen MR) is 74.9 cm³/mol. The van der Waals surface area contributed by atoms with Crippen LogP contribution in [-0.4, -0.2) is 53.4 Å². The summed E-state index contributed by atoms with van der Waals surface area (Å²) in [4.78, 5) is 25.7. The van der Waals surface area contributed by atoms with E-state index in [-0.39, 0.29) is 0 Å². The van der Waals surface area contributed by atoms with Gasteiger partial charge in [0.25, 0.3) is 5.12 Å². The van der Waals surface area contributed by atoms with E-state index in [2.05, 4.69) is 0 Å². The van der Waals surface area contributed by atoms with Crippen molar-refractivity contribution >= 4 is 20.9 Å². The smallest absolute Gasteiger partial charge is 0.252 e. The lowest BCUT2D eigenvalue weighted by molar-refractivity contribution is -0.160. The fourth-order valence-electron chi connectivity index (χ4n) is 4.15. The number of hydrogen-bond acceptors (Lipinski definition) is 5. The summed E-state index contributed by atoms with van der Waals surface area (Å²) in [6.45, 7) is 1.51. The first-order valence-electron chi connectivity index (χ1n) is 7.18. The Hall–Kier alpha value is -1.21. The second-order valence-electron chi connectivity index (χ2n) is 6.23. The number of aliphatic hydroxyl groups is 1. The number of carbonyl (C=O) groups excluding carboxylic acids is 2. The number of carbonyl (C=O) groups is 2. The molecule has 1 amide bonds. The zero-order valence-corrected chi connectivity index (χ0v) is 12.8. The molecule has 0 saturated carbocycles. The molecule has 3 aliphatic rings. The first-order valence-corrected chi connectivity index (χ1v) is 8.66. The molecule has 0 radical (unpaired) electrons. The summed E-state index contributed by atoms with van der Waals surface area (Å²) < 4.78 is 23.1. The van der Waals surface area contributed by atoms with Gasteiger partial charge in [0.05, 0.1) is 18.1 Å². The molecule has 0 spiro atoms. The van der Waals surface area contributed by atoms with Gasteiger partial charge < -0.3 is 10.0 Å². The molecule has 1 N–H and O–H groups in total. The number of fused-ring (bicyclic) bond motifs is 1. The Morgan fingerprint density at radius 3 is 2.67 bits per heavy atom. The molecular weight excluding hydrogens is 294 g/mol. The monoisotopic (exact) mass is 313 g/mol. The van der Waals surface area contributed by atoms with Gasteiger partial charge in [0.15, 0.2) is 0 Å². The van der Waals surface area contributed by atoms with Crippen LogP contribution in [0, 0.1) is 11.8 Å². The number of sulfone groups is 1. The van der Waals surface area contributed by atoms with Crippen molar-refractivity contribution in [3.05, 3.63) is 12.2 Å². The quantitative estimate of drug-likeness (QED) is 0.566. The third kappa shape index (κ3) is 1.48. The van der Waals surface area contributed by atoms with Crippen LogP contribution in [-0.2, 0) is 19.4 Å². The SMILES string of the molecule is CC1C(=O)S(=O)(=O)[C@@]2([C@@H](O)[C@@H]3C=CCCC3)C(=O)N(C)[C@@H]12. The topological polar surface area (TPSA) is 91.7 Å². The summed E-state index contributed by atoms with van der Waals surface area (Å²) in [7, 11) is -2.84. The zero-order chi connectivity index (χ0) is 15.6. The van der Waals surface area contributed by atoms with Crippen molar-refractivity contribution in [2.45, 2.75) is 43.1 Å². The minimum atomic E-state index is -4.32. The van der Waals surface area contributed by atoms with Crippen molar-refractivity contribution in [1.29, 1.82) is 0 Å². The molecule has 0 aromatic carbocycles. The molecule has 2 fully saturated rings. The Balaban J connectivity index is 2.12. The van der Waals surface area contributed by atoms with E-state index in [0.29, 0.717) is 6.42 Å². The molecule has 0 aromatic heterocycles. The molecule has 0 aromatic rings. The number of likely N-dealkylation sites (tertiary alicyclic amines) is 1. The van der Waals surface area contributed by atoms with Gasteiger partial charge in [-0.3, -0.25) is 9.59 Å². The summed E-state index contributed by atoms with van der Waals surface area (Å²) in [5, 5.41) is 9.76. The third-order valence-corrected chi connectivity index (χ3v) is 7.65. The van der Waals surface area contributed by atoms with E-state index in [9.17, 15) is 23.1 Å². The Kier molecular flexibility index (Phi) is 3.08. The summed E-state index contributed by atoms with van der Waals surface area (Å²) in [5.74, 6) is -1.84. The predicted octanol–water partition coefficient (Wildman–Crippen LogP) is -0.126. The zero-order valence-electron chi connectivity index (χ0n) is 12.0. The molecule has 6 nitrogen and oxygen atoms in total. The molecule has 0 bridgehead atoms. The highest BCUT2D eigenvalue weighted by molar-refractivity contribution is 8.08. The van der Waals surface area contributed by atoms with Gasteiger partial charge >= 0.3 is 0 Å². The second kappa shape index (κ2) is 4.39. The van der Waals surface area contributed by atoms with Crippen molar-refractivity contribution in [3.63, 3.8) is 0 Å². The van der Waals surface area contributed by atoms with E-state index >= 15 is 0 Å².